The summed E-state index contributed by atoms with van der Waals surface area (Å²) in [5.74, 6) is -3.58. The van der Waals surface area contributed by atoms with Crippen LogP contribution in [0.5, 0.6) is 0 Å². The van der Waals surface area contributed by atoms with Crippen LogP contribution >= 0.6 is 0 Å². The molecule has 13 aromatic carbocycles. The topological polar surface area (TPSA) is 0 Å². The zero-order valence-electron chi connectivity index (χ0n) is 42.8. The second kappa shape index (κ2) is 16.8. The summed E-state index contributed by atoms with van der Waals surface area (Å²) in [4.78, 5) is 0. The van der Waals surface area contributed by atoms with Crippen LogP contribution in [0, 0.1) is 23.3 Å². The van der Waals surface area contributed by atoms with Crippen LogP contribution in [0.4, 0.5) is 17.6 Å². The molecular formula is C76H42F4. The quantitative estimate of drug-likeness (QED) is 0.146. The zero-order valence-corrected chi connectivity index (χ0v) is 42.8. The molecule has 13 aromatic rings. The van der Waals surface area contributed by atoms with Crippen molar-refractivity contribution in [2.75, 3.05) is 0 Å². The molecule has 0 aromatic heterocycles. The zero-order chi connectivity index (χ0) is 53.1. The van der Waals surface area contributed by atoms with E-state index in [9.17, 15) is 8.78 Å². The SMILES string of the molecule is Fc1ccc(-c2ccccc2-c2c3c(c(-c4ccccc4)c4ccccc24)-c2ccc4c5c6c(c7ccc-3c2c47)=CC=C2c3c(c(-c4ccccc4-c4ccc(F)c(F)c4)c4ccccc4c3-c3ccccc3)C(C=C5)C26)cc1F. The van der Waals surface area contributed by atoms with Gasteiger partial charge in [-0.15, -0.1) is 0 Å². The van der Waals surface area contributed by atoms with E-state index in [0.717, 1.165) is 93.9 Å². The first-order chi connectivity index (χ1) is 39.4. The normalized spacial score (nSPS) is 15.1. The molecule has 0 amide bonds. The van der Waals surface area contributed by atoms with E-state index in [2.05, 4.69) is 176 Å². The molecule has 4 heteroatoms. The second-order valence-electron chi connectivity index (χ2n) is 21.7. The number of hydrogen-bond acceptors (Lipinski definition) is 0. The van der Waals surface area contributed by atoms with Gasteiger partial charge < -0.3 is 0 Å². The largest absolute Gasteiger partial charge is 0.204 e. The van der Waals surface area contributed by atoms with E-state index in [0.29, 0.717) is 11.1 Å². The van der Waals surface area contributed by atoms with Crippen LogP contribution in [0.2, 0.25) is 0 Å². The lowest BCUT2D eigenvalue weighted by molar-refractivity contribution is 0.509. The molecule has 0 saturated carbocycles. The van der Waals surface area contributed by atoms with Gasteiger partial charge in [-0.25, -0.2) is 17.6 Å². The Balaban J connectivity index is 0.954. The summed E-state index contributed by atoms with van der Waals surface area (Å²) in [6, 6.07) is 72.9. The van der Waals surface area contributed by atoms with Crippen molar-refractivity contribution in [3.8, 4) is 89.0 Å². The van der Waals surface area contributed by atoms with Gasteiger partial charge in [0, 0.05) is 11.8 Å². The lowest BCUT2D eigenvalue weighted by Gasteiger charge is -2.30. The van der Waals surface area contributed by atoms with Crippen molar-refractivity contribution in [1.82, 2.24) is 0 Å². The van der Waals surface area contributed by atoms with E-state index < -0.39 is 23.3 Å². The van der Waals surface area contributed by atoms with Gasteiger partial charge in [0.1, 0.15) is 0 Å². The Morgan fingerprint density at radius 3 is 1.34 bits per heavy atom. The molecule has 374 valence electrons. The highest BCUT2D eigenvalue weighted by Gasteiger charge is 2.45. The van der Waals surface area contributed by atoms with Crippen molar-refractivity contribution >= 4 is 60.8 Å². The van der Waals surface area contributed by atoms with Crippen molar-refractivity contribution in [3.05, 3.63) is 281 Å². The number of rotatable bonds is 6. The molecule has 0 spiro atoms. The summed E-state index contributed by atoms with van der Waals surface area (Å²) >= 11 is 0. The molecule has 0 nitrogen and oxygen atoms in total. The van der Waals surface area contributed by atoms with Gasteiger partial charge in [-0.1, -0.05) is 218 Å². The third-order valence-electron chi connectivity index (χ3n) is 17.8. The van der Waals surface area contributed by atoms with Gasteiger partial charge in [0.15, 0.2) is 23.3 Å². The van der Waals surface area contributed by atoms with Crippen LogP contribution < -0.4 is 5.22 Å². The van der Waals surface area contributed by atoms with Crippen LogP contribution in [0.15, 0.2) is 231 Å². The number of fused-ring (bicyclic) bond motifs is 10. The number of benzene rings is 13. The number of allylic oxidation sites excluding steroid dienone is 3. The Bertz CT molecular complexity index is 5040. The molecule has 2 unspecified atom stereocenters. The van der Waals surface area contributed by atoms with Crippen LogP contribution in [0.25, 0.3) is 150 Å². The van der Waals surface area contributed by atoms with E-state index in [1.807, 2.05) is 30.3 Å². The van der Waals surface area contributed by atoms with E-state index in [1.165, 1.54) is 84.4 Å². The van der Waals surface area contributed by atoms with E-state index in [4.69, 9.17) is 0 Å². The van der Waals surface area contributed by atoms with Gasteiger partial charge in [-0.2, -0.15) is 0 Å². The van der Waals surface area contributed by atoms with Gasteiger partial charge in [-0.3, -0.25) is 0 Å². The Labute approximate surface area is 458 Å². The summed E-state index contributed by atoms with van der Waals surface area (Å²) in [7, 11) is 0. The molecule has 0 saturated heterocycles. The van der Waals surface area contributed by atoms with Crippen LogP contribution in [-0.4, -0.2) is 0 Å². The minimum Gasteiger partial charge on any atom is -0.204 e. The summed E-state index contributed by atoms with van der Waals surface area (Å²) in [5.41, 5.74) is 22.4. The fourth-order valence-electron chi connectivity index (χ4n) is 14.8. The van der Waals surface area contributed by atoms with Gasteiger partial charge in [0.25, 0.3) is 0 Å². The third-order valence-corrected chi connectivity index (χ3v) is 17.8. The Hall–Kier alpha value is -9.90. The molecule has 0 aliphatic heterocycles. The maximum Gasteiger partial charge on any atom is 0.159 e. The second-order valence-corrected chi connectivity index (χ2v) is 21.7. The van der Waals surface area contributed by atoms with Crippen molar-refractivity contribution in [2.45, 2.75) is 11.8 Å². The van der Waals surface area contributed by atoms with Crippen LogP contribution in [-0.2, 0) is 0 Å². The van der Waals surface area contributed by atoms with E-state index in [-0.39, 0.29) is 11.8 Å². The van der Waals surface area contributed by atoms with Gasteiger partial charge in [0.2, 0.25) is 0 Å². The third kappa shape index (κ3) is 6.11. The highest BCUT2D eigenvalue weighted by atomic mass is 19.2. The molecule has 0 bridgehead atoms. The van der Waals surface area contributed by atoms with Crippen LogP contribution in [0.3, 0.4) is 0 Å². The molecule has 80 heavy (non-hydrogen) atoms. The predicted molar refractivity (Wildman–Crippen MR) is 322 cm³/mol. The fourth-order valence-corrected chi connectivity index (χ4v) is 14.8. The predicted octanol–water partition coefficient (Wildman–Crippen LogP) is 20.3. The molecule has 0 heterocycles. The maximum absolute atomic E-state index is 15.2. The molecule has 0 fully saturated rings. The fraction of sp³-hybridized carbons (Fsp3) is 0.0263. The Kier molecular flexibility index (Phi) is 9.48. The van der Waals surface area contributed by atoms with Crippen molar-refractivity contribution in [1.29, 1.82) is 0 Å². The summed E-state index contributed by atoms with van der Waals surface area (Å²) in [6.45, 7) is 0. The van der Waals surface area contributed by atoms with Crippen LogP contribution in [0.1, 0.15) is 34.1 Å². The molecule has 0 N–H and O–H groups in total. The standard InChI is InChI=1S/C76H42F4/c77-61-37-27-43(39-63(61)79)45-19-7-9-21-47(45)69-51-25-13-11-23-49(51)65(41-15-3-1-4-16-41)73-57-33-29-53-56-32-36-60-72-58(34-30-54(68(56)72)55-31-35-59(75(69)73)71(57)67(53)55)74-66(42-17-5-2-6-18-42)50-24-12-14-26-52(50)70(76(60)74)48-22-10-8-20-46(48)44-28-38-62(78)64(80)40-44/h1-40,59,71H. The lowest BCUT2D eigenvalue weighted by Crippen LogP contribution is -2.23. The maximum atomic E-state index is 15.2. The first-order valence-electron chi connectivity index (χ1n) is 27.2. The Morgan fingerprint density at radius 2 is 0.762 bits per heavy atom. The van der Waals surface area contributed by atoms with Gasteiger partial charge >= 0.3 is 0 Å². The van der Waals surface area contributed by atoms with E-state index >= 15 is 8.78 Å². The highest BCUT2D eigenvalue weighted by molar-refractivity contribution is 6.33. The first kappa shape index (κ1) is 45.2. The minimum absolute atomic E-state index is 0.0160. The monoisotopic (exact) mass is 1030 g/mol. The molecular weight excluding hydrogens is 989 g/mol. The van der Waals surface area contributed by atoms with Crippen molar-refractivity contribution in [2.24, 2.45) is 0 Å². The average Bonchev–Trinajstić information content (AvgIpc) is 2.80. The molecule has 2 atom stereocenters. The average molecular weight is 1030 g/mol. The molecule has 4 aliphatic rings. The Morgan fingerprint density at radius 1 is 0.287 bits per heavy atom. The summed E-state index contributed by atoms with van der Waals surface area (Å²) < 4.78 is 59.6. The molecule has 4 aliphatic carbocycles. The number of hydrogen-bond donors (Lipinski definition) is 0. The highest BCUT2D eigenvalue weighted by Crippen LogP contribution is 2.65. The van der Waals surface area contributed by atoms with Gasteiger partial charge in [-0.05, 0) is 189 Å². The lowest BCUT2D eigenvalue weighted by atomic mass is 9.72. The minimum atomic E-state index is -0.883. The smallest absolute Gasteiger partial charge is 0.159 e. The summed E-state index contributed by atoms with van der Waals surface area (Å²) in [5, 5.41) is 10.4. The number of halogens is 4. The van der Waals surface area contributed by atoms with Crippen molar-refractivity contribution in [3.63, 3.8) is 0 Å². The first-order valence-corrected chi connectivity index (χ1v) is 27.2. The van der Waals surface area contributed by atoms with Gasteiger partial charge in [0.05, 0.1) is 0 Å². The summed E-state index contributed by atoms with van der Waals surface area (Å²) in [6.07, 6.45) is 9.58. The molecule has 0 radical (unpaired) electrons. The van der Waals surface area contributed by atoms with Crippen molar-refractivity contribution < 1.29 is 17.6 Å². The van der Waals surface area contributed by atoms with E-state index in [1.54, 1.807) is 12.1 Å². The molecule has 17 rings (SSSR count).